The van der Waals surface area contributed by atoms with Gasteiger partial charge in [0.15, 0.2) is 0 Å². The van der Waals surface area contributed by atoms with Crippen LogP contribution in [0.4, 0.5) is 0 Å². The van der Waals surface area contributed by atoms with Crippen LogP contribution in [0.1, 0.15) is 71.6 Å². The van der Waals surface area contributed by atoms with Crippen molar-refractivity contribution in [2.75, 3.05) is 13.7 Å². The van der Waals surface area contributed by atoms with E-state index in [1.54, 1.807) is 7.11 Å². The molecule has 0 aromatic carbocycles. The quantitative estimate of drug-likeness (QED) is 0.654. The monoisotopic (exact) mass is 280 g/mol. The molecule has 0 bridgehead atoms. The fourth-order valence-electron chi connectivity index (χ4n) is 3.98. The van der Waals surface area contributed by atoms with Gasteiger partial charge in [-0.05, 0) is 82.1 Å². The topological polar surface area (TPSA) is 18.5 Å². The molecule has 0 heterocycles. The van der Waals surface area contributed by atoms with Crippen molar-refractivity contribution in [1.82, 2.24) is 0 Å². The molecule has 116 valence electrons. The number of hydrogen-bond donors (Lipinski definition) is 0. The minimum absolute atomic E-state index is 0.169. The molecule has 2 aliphatic rings. The first kappa shape index (κ1) is 15.9. The maximum Gasteiger partial charge on any atom is 0.0816 e. The lowest BCUT2D eigenvalue weighted by Crippen LogP contribution is -2.36. The van der Waals surface area contributed by atoms with Gasteiger partial charge in [-0.2, -0.15) is 0 Å². The van der Waals surface area contributed by atoms with Crippen LogP contribution in [0.2, 0.25) is 0 Å². The standard InChI is InChI=1S/C18H32O2/c1-4-13-20-18(2)11-9-17(10-12-18)16-7-5-15(6-8-16)14-19-3/h14,16-17H,4-13H2,1-3H3. The second-order valence-corrected chi connectivity index (χ2v) is 6.99. The van der Waals surface area contributed by atoms with Crippen molar-refractivity contribution in [1.29, 1.82) is 0 Å². The van der Waals surface area contributed by atoms with Crippen LogP contribution in [-0.4, -0.2) is 19.3 Å². The Balaban J connectivity index is 1.76. The Morgan fingerprint density at radius 3 is 2.25 bits per heavy atom. The lowest BCUT2D eigenvalue weighted by atomic mass is 9.69. The maximum absolute atomic E-state index is 6.08. The summed E-state index contributed by atoms with van der Waals surface area (Å²) in [5.41, 5.74) is 1.68. The number of methoxy groups -OCH3 is 1. The van der Waals surface area contributed by atoms with E-state index >= 15 is 0 Å². The second-order valence-electron chi connectivity index (χ2n) is 6.99. The van der Waals surface area contributed by atoms with E-state index in [9.17, 15) is 0 Å². The van der Waals surface area contributed by atoms with Crippen molar-refractivity contribution in [3.8, 4) is 0 Å². The molecule has 0 aliphatic heterocycles. The van der Waals surface area contributed by atoms with Gasteiger partial charge in [0.25, 0.3) is 0 Å². The third-order valence-electron chi connectivity index (χ3n) is 5.37. The van der Waals surface area contributed by atoms with Gasteiger partial charge in [-0.1, -0.05) is 6.92 Å². The minimum Gasteiger partial charge on any atom is -0.504 e. The van der Waals surface area contributed by atoms with Gasteiger partial charge in [0.05, 0.1) is 19.0 Å². The van der Waals surface area contributed by atoms with Crippen molar-refractivity contribution >= 4 is 0 Å². The number of rotatable bonds is 5. The Hall–Kier alpha value is -0.500. The van der Waals surface area contributed by atoms with Crippen molar-refractivity contribution in [3.05, 3.63) is 11.8 Å². The van der Waals surface area contributed by atoms with E-state index in [1.807, 2.05) is 6.26 Å². The van der Waals surface area contributed by atoms with E-state index in [1.165, 1.54) is 56.9 Å². The third-order valence-corrected chi connectivity index (χ3v) is 5.37. The fraction of sp³-hybridized carbons (Fsp3) is 0.889. The first-order valence-corrected chi connectivity index (χ1v) is 8.51. The Kier molecular flexibility index (Phi) is 5.95. The van der Waals surface area contributed by atoms with E-state index in [0.29, 0.717) is 0 Å². The zero-order chi connectivity index (χ0) is 14.4. The highest BCUT2D eigenvalue weighted by Crippen LogP contribution is 2.43. The maximum atomic E-state index is 6.08. The molecule has 20 heavy (non-hydrogen) atoms. The lowest BCUT2D eigenvalue weighted by Gasteiger charge is -2.41. The molecule has 0 radical (unpaired) electrons. The Morgan fingerprint density at radius 1 is 1.10 bits per heavy atom. The number of hydrogen-bond acceptors (Lipinski definition) is 2. The molecule has 0 amide bonds. The first-order chi connectivity index (χ1) is 9.67. The largest absolute Gasteiger partial charge is 0.504 e. The highest BCUT2D eigenvalue weighted by molar-refractivity contribution is 5.03. The van der Waals surface area contributed by atoms with Crippen molar-refractivity contribution in [2.24, 2.45) is 11.8 Å². The number of allylic oxidation sites excluding steroid dienone is 1. The summed E-state index contributed by atoms with van der Waals surface area (Å²) >= 11 is 0. The summed E-state index contributed by atoms with van der Waals surface area (Å²) in [7, 11) is 1.76. The summed E-state index contributed by atoms with van der Waals surface area (Å²) in [5.74, 6) is 1.89. The summed E-state index contributed by atoms with van der Waals surface area (Å²) < 4.78 is 11.2. The van der Waals surface area contributed by atoms with Crippen LogP contribution < -0.4 is 0 Å². The SMILES string of the molecule is CCCOC1(C)CCC(C2CCC(=COC)CC2)CC1. The van der Waals surface area contributed by atoms with Gasteiger partial charge in [-0.25, -0.2) is 0 Å². The molecule has 2 nitrogen and oxygen atoms in total. The predicted molar refractivity (Wildman–Crippen MR) is 83.7 cm³/mol. The Morgan fingerprint density at radius 2 is 1.70 bits per heavy atom. The summed E-state index contributed by atoms with van der Waals surface area (Å²) in [5, 5.41) is 0. The molecule has 2 aliphatic carbocycles. The molecule has 0 unspecified atom stereocenters. The minimum atomic E-state index is 0.169. The highest BCUT2D eigenvalue weighted by atomic mass is 16.5. The summed E-state index contributed by atoms with van der Waals surface area (Å²) in [4.78, 5) is 0. The second kappa shape index (κ2) is 7.49. The molecule has 0 aromatic heterocycles. The molecule has 2 heteroatoms. The van der Waals surface area contributed by atoms with Crippen LogP contribution >= 0.6 is 0 Å². The van der Waals surface area contributed by atoms with Crippen LogP contribution in [0.25, 0.3) is 0 Å². The van der Waals surface area contributed by atoms with E-state index in [0.717, 1.165) is 24.9 Å². The zero-order valence-electron chi connectivity index (χ0n) is 13.6. The summed E-state index contributed by atoms with van der Waals surface area (Å²) in [6.07, 6.45) is 13.6. The fourth-order valence-corrected chi connectivity index (χ4v) is 3.98. The van der Waals surface area contributed by atoms with Gasteiger partial charge in [-0.15, -0.1) is 0 Å². The third kappa shape index (κ3) is 4.25. The Labute approximate surface area is 124 Å². The predicted octanol–water partition coefficient (Wildman–Crippen LogP) is 5.08. The van der Waals surface area contributed by atoms with Gasteiger partial charge in [0.2, 0.25) is 0 Å². The molecule has 2 fully saturated rings. The summed E-state index contributed by atoms with van der Waals surface area (Å²) in [6.45, 7) is 5.44. The van der Waals surface area contributed by atoms with E-state index in [-0.39, 0.29) is 5.60 Å². The normalized spacial score (nSPS) is 34.9. The smallest absolute Gasteiger partial charge is 0.0816 e. The van der Waals surface area contributed by atoms with Gasteiger partial charge < -0.3 is 9.47 Å². The van der Waals surface area contributed by atoms with Gasteiger partial charge >= 0.3 is 0 Å². The molecule has 0 N–H and O–H groups in total. The highest BCUT2D eigenvalue weighted by Gasteiger charge is 2.35. The van der Waals surface area contributed by atoms with Gasteiger partial charge in [-0.3, -0.25) is 0 Å². The van der Waals surface area contributed by atoms with Crippen LogP contribution in [-0.2, 0) is 9.47 Å². The molecule has 0 saturated heterocycles. The molecule has 2 saturated carbocycles. The molecule has 0 atom stereocenters. The van der Waals surface area contributed by atoms with E-state index < -0.39 is 0 Å². The van der Waals surface area contributed by atoms with Crippen molar-refractivity contribution in [2.45, 2.75) is 77.2 Å². The van der Waals surface area contributed by atoms with Crippen LogP contribution in [0.15, 0.2) is 11.8 Å². The van der Waals surface area contributed by atoms with Crippen LogP contribution in [0, 0.1) is 11.8 Å². The zero-order valence-corrected chi connectivity index (χ0v) is 13.6. The molecular weight excluding hydrogens is 248 g/mol. The van der Waals surface area contributed by atoms with E-state index in [2.05, 4.69) is 13.8 Å². The van der Waals surface area contributed by atoms with Crippen molar-refractivity contribution < 1.29 is 9.47 Å². The Bertz CT molecular complexity index is 303. The number of ether oxygens (including phenoxy) is 2. The van der Waals surface area contributed by atoms with Gasteiger partial charge in [0.1, 0.15) is 0 Å². The molecule has 0 spiro atoms. The van der Waals surface area contributed by atoms with E-state index in [4.69, 9.17) is 9.47 Å². The molecule has 0 aromatic rings. The van der Waals surface area contributed by atoms with Crippen LogP contribution in [0.5, 0.6) is 0 Å². The lowest BCUT2D eigenvalue weighted by molar-refractivity contribution is -0.0697. The average molecular weight is 280 g/mol. The average Bonchev–Trinajstić information content (AvgIpc) is 2.47. The molecule has 2 rings (SSSR count). The van der Waals surface area contributed by atoms with Crippen molar-refractivity contribution in [3.63, 3.8) is 0 Å². The summed E-state index contributed by atoms with van der Waals surface area (Å²) in [6, 6.07) is 0. The first-order valence-electron chi connectivity index (χ1n) is 8.51. The molecular formula is C18H32O2. The van der Waals surface area contributed by atoms with Crippen LogP contribution in [0.3, 0.4) is 0 Å². The van der Waals surface area contributed by atoms with Gasteiger partial charge in [0, 0.05) is 6.61 Å².